The second-order valence-electron chi connectivity index (χ2n) is 5.17. The van der Waals surface area contributed by atoms with Gasteiger partial charge in [0.15, 0.2) is 0 Å². The van der Waals surface area contributed by atoms with E-state index in [0.717, 1.165) is 23.7 Å². The maximum absolute atomic E-state index is 10.7. The number of hydrogen-bond acceptors (Lipinski definition) is 1. The standard InChI is InChI=1S/C11H16O2/c12-11(13)5-10-7-2-1-6-3-8(7)9(10)4-6/h6-10H,1-5H2,(H,12,13). The molecule has 0 aromatic carbocycles. The van der Waals surface area contributed by atoms with E-state index in [0.29, 0.717) is 12.3 Å². The predicted molar refractivity (Wildman–Crippen MR) is 48.2 cm³/mol. The molecule has 0 saturated heterocycles. The maximum atomic E-state index is 10.7. The highest BCUT2D eigenvalue weighted by molar-refractivity contribution is 5.67. The second-order valence-corrected chi connectivity index (χ2v) is 5.17. The van der Waals surface area contributed by atoms with Crippen LogP contribution in [0.5, 0.6) is 0 Å². The molecule has 1 N–H and O–H groups in total. The van der Waals surface area contributed by atoms with Gasteiger partial charge in [-0.25, -0.2) is 0 Å². The first-order chi connectivity index (χ1) is 6.25. The Morgan fingerprint density at radius 3 is 2.69 bits per heavy atom. The Hall–Kier alpha value is -0.530. The summed E-state index contributed by atoms with van der Waals surface area (Å²) in [6.45, 7) is 0. The monoisotopic (exact) mass is 180 g/mol. The Kier molecular flexibility index (Phi) is 1.50. The molecular formula is C11H16O2. The summed E-state index contributed by atoms with van der Waals surface area (Å²) in [5, 5.41) is 8.80. The fraction of sp³-hybridized carbons (Fsp3) is 0.909. The van der Waals surface area contributed by atoms with Crippen molar-refractivity contribution in [3.8, 4) is 0 Å². The van der Waals surface area contributed by atoms with Crippen LogP contribution < -0.4 is 0 Å². The molecule has 3 aliphatic rings. The normalized spacial score (nSPS) is 51.5. The number of carboxylic acid groups (broad SMARTS) is 1. The van der Waals surface area contributed by atoms with Crippen LogP contribution in [0.2, 0.25) is 0 Å². The number of aliphatic carboxylic acids is 1. The quantitative estimate of drug-likeness (QED) is 0.707. The average Bonchev–Trinajstić information content (AvgIpc) is 2.26. The van der Waals surface area contributed by atoms with Crippen molar-refractivity contribution in [2.75, 3.05) is 0 Å². The van der Waals surface area contributed by atoms with Gasteiger partial charge in [-0.2, -0.15) is 0 Å². The summed E-state index contributed by atoms with van der Waals surface area (Å²) in [6, 6.07) is 0. The van der Waals surface area contributed by atoms with Gasteiger partial charge in [0, 0.05) is 6.42 Å². The van der Waals surface area contributed by atoms with Crippen molar-refractivity contribution in [1.29, 1.82) is 0 Å². The van der Waals surface area contributed by atoms with Gasteiger partial charge >= 0.3 is 5.97 Å². The minimum absolute atomic E-state index is 0.443. The lowest BCUT2D eigenvalue weighted by atomic mass is 9.55. The third kappa shape index (κ3) is 0.976. The van der Waals surface area contributed by atoms with Gasteiger partial charge in [0.1, 0.15) is 0 Å². The molecule has 2 bridgehead atoms. The third-order valence-electron chi connectivity index (χ3n) is 4.73. The first-order valence-electron chi connectivity index (χ1n) is 5.47. The Balaban J connectivity index is 1.75. The predicted octanol–water partition coefficient (Wildman–Crippen LogP) is 2.14. The van der Waals surface area contributed by atoms with E-state index in [1.807, 2.05) is 0 Å². The molecule has 0 aromatic rings. The van der Waals surface area contributed by atoms with E-state index in [1.54, 1.807) is 0 Å². The smallest absolute Gasteiger partial charge is 0.303 e. The summed E-state index contributed by atoms with van der Waals surface area (Å²) >= 11 is 0. The molecule has 0 aromatic heterocycles. The molecular weight excluding hydrogens is 164 g/mol. The minimum Gasteiger partial charge on any atom is -0.481 e. The van der Waals surface area contributed by atoms with Crippen LogP contribution in [-0.2, 0) is 4.79 Å². The van der Waals surface area contributed by atoms with Crippen molar-refractivity contribution < 1.29 is 9.90 Å². The van der Waals surface area contributed by atoms with E-state index in [9.17, 15) is 4.79 Å². The SMILES string of the molecule is O=C(O)CC1C2CCC3CC2C1C3. The Bertz CT molecular complexity index is 242. The largest absolute Gasteiger partial charge is 0.481 e. The van der Waals surface area contributed by atoms with Crippen LogP contribution in [0.3, 0.4) is 0 Å². The van der Waals surface area contributed by atoms with Crippen LogP contribution >= 0.6 is 0 Å². The topological polar surface area (TPSA) is 37.3 Å². The lowest BCUT2D eigenvalue weighted by molar-refractivity contribution is -0.142. The van der Waals surface area contributed by atoms with Gasteiger partial charge in [0.05, 0.1) is 0 Å². The van der Waals surface area contributed by atoms with Gasteiger partial charge in [-0.3, -0.25) is 4.79 Å². The maximum Gasteiger partial charge on any atom is 0.303 e. The van der Waals surface area contributed by atoms with Crippen molar-refractivity contribution in [3.63, 3.8) is 0 Å². The summed E-state index contributed by atoms with van der Waals surface area (Å²) < 4.78 is 0. The van der Waals surface area contributed by atoms with Crippen molar-refractivity contribution in [2.45, 2.75) is 32.1 Å². The number of fused-ring (bicyclic) bond motifs is 1. The molecule has 0 spiro atoms. The zero-order valence-corrected chi connectivity index (χ0v) is 7.78. The average molecular weight is 180 g/mol. The summed E-state index contributed by atoms with van der Waals surface area (Å²) in [4.78, 5) is 10.7. The van der Waals surface area contributed by atoms with Gasteiger partial charge in [0.25, 0.3) is 0 Å². The molecule has 0 radical (unpaired) electrons. The molecule has 5 atom stereocenters. The van der Waals surface area contributed by atoms with E-state index in [4.69, 9.17) is 5.11 Å². The van der Waals surface area contributed by atoms with Gasteiger partial charge in [-0.15, -0.1) is 0 Å². The van der Waals surface area contributed by atoms with Crippen molar-refractivity contribution in [2.24, 2.45) is 29.6 Å². The number of hydrogen-bond donors (Lipinski definition) is 1. The number of carboxylic acids is 1. The van der Waals surface area contributed by atoms with E-state index < -0.39 is 5.97 Å². The molecule has 0 amide bonds. The molecule has 0 aliphatic heterocycles. The lowest BCUT2D eigenvalue weighted by Gasteiger charge is -2.49. The molecule has 2 heteroatoms. The first kappa shape index (κ1) is 7.84. The van der Waals surface area contributed by atoms with Gasteiger partial charge in [-0.1, -0.05) is 6.42 Å². The van der Waals surface area contributed by atoms with E-state index >= 15 is 0 Å². The molecule has 3 aliphatic carbocycles. The molecule has 5 unspecified atom stereocenters. The summed E-state index contributed by atoms with van der Waals surface area (Å²) in [5.41, 5.74) is 0. The molecule has 0 heterocycles. The Labute approximate surface area is 78.3 Å². The van der Waals surface area contributed by atoms with E-state index in [2.05, 4.69) is 0 Å². The van der Waals surface area contributed by atoms with Gasteiger partial charge in [0.2, 0.25) is 0 Å². The highest BCUT2D eigenvalue weighted by atomic mass is 16.4. The van der Waals surface area contributed by atoms with Gasteiger partial charge < -0.3 is 5.11 Å². The summed E-state index contributed by atoms with van der Waals surface area (Å²) in [5.74, 6) is 3.45. The molecule has 3 rings (SSSR count). The first-order valence-corrected chi connectivity index (χ1v) is 5.47. The highest BCUT2D eigenvalue weighted by Gasteiger charge is 2.57. The molecule has 72 valence electrons. The van der Waals surface area contributed by atoms with Crippen LogP contribution in [-0.4, -0.2) is 11.1 Å². The Morgan fingerprint density at radius 2 is 1.92 bits per heavy atom. The Morgan fingerprint density at radius 1 is 1.15 bits per heavy atom. The van der Waals surface area contributed by atoms with E-state index in [-0.39, 0.29) is 0 Å². The number of carbonyl (C=O) groups is 1. The lowest BCUT2D eigenvalue weighted by Crippen LogP contribution is -2.44. The van der Waals surface area contributed by atoms with Gasteiger partial charge in [-0.05, 0) is 48.9 Å². The van der Waals surface area contributed by atoms with Crippen LogP contribution in [0.15, 0.2) is 0 Å². The van der Waals surface area contributed by atoms with Crippen LogP contribution in [0, 0.1) is 29.6 Å². The van der Waals surface area contributed by atoms with Crippen LogP contribution in [0.25, 0.3) is 0 Å². The summed E-state index contributed by atoms with van der Waals surface area (Å²) in [6.07, 6.45) is 5.92. The third-order valence-corrected chi connectivity index (χ3v) is 4.73. The van der Waals surface area contributed by atoms with Crippen LogP contribution in [0.1, 0.15) is 32.1 Å². The zero-order chi connectivity index (χ0) is 9.00. The summed E-state index contributed by atoms with van der Waals surface area (Å²) in [7, 11) is 0. The minimum atomic E-state index is -0.584. The fourth-order valence-electron chi connectivity index (χ4n) is 4.29. The van der Waals surface area contributed by atoms with Crippen molar-refractivity contribution >= 4 is 5.97 Å². The molecule has 3 fully saturated rings. The number of rotatable bonds is 2. The van der Waals surface area contributed by atoms with E-state index in [1.165, 1.54) is 25.7 Å². The fourth-order valence-corrected chi connectivity index (χ4v) is 4.29. The van der Waals surface area contributed by atoms with Crippen molar-refractivity contribution in [3.05, 3.63) is 0 Å². The van der Waals surface area contributed by atoms with Crippen LogP contribution in [0.4, 0.5) is 0 Å². The zero-order valence-electron chi connectivity index (χ0n) is 7.78. The second kappa shape index (κ2) is 2.49. The molecule has 3 saturated carbocycles. The van der Waals surface area contributed by atoms with Crippen molar-refractivity contribution in [1.82, 2.24) is 0 Å². The molecule has 2 nitrogen and oxygen atoms in total. The highest BCUT2D eigenvalue weighted by Crippen LogP contribution is 2.64. The molecule has 13 heavy (non-hydrogen) atoms.